The van der Waals surface area contributed by atoms with Crippen LogP contribution in [0, 0.1) is 12.8 Å². The van der Waals surface area contributed by atoms with E-state index in [-0.39, 0.29) is 5.91 Å². The number of hydrazine groups is 1. The minimum Gasteiger partial charge on any atom is -0.356 e. The van der Waals surface area contributed by atoms with Crippen molar-refractivity contribution in [1.82, 2.24) is 20.2 Å². The molecule has 1 aromatic heterocycles. The summed E-state index contributed by atoms with van der Waals surface area (Å²) in [6, 6.07) is 1.82. The van der Waals surface area contributed by atoms with Crippen molar-refractivity contribution in [2.24, 2.45) is 11.8 Å². The fourth-order valence-electron chi connectivity index (χ4n) is 2.61. The van der Waals surface area contributed by atoms with Gasteiger partial charge in [0.15, 0.2) is 0 Å². The second-order valence-electron chi connectivity index (χ2n) is 5.61. The maximum absolute atomic E-state index is 10.9. The summed E-state index contributed by atoms with van der Waals surface area (Å²) in [5.41, 5.74) is 3.48. The van der Waals surface area contributed by atoms with Gasteiger partial charge in [-0.25, -0.2) is 15.8 Å². The largest absolute Gasteiger partial charge is 0.356 e. The monoisotopic (exact) mass is 292 g/mol. The summed E-state index contributed by atoms with van der Waals surface area (Å²) in [6.07, 6.45) is 2.18. The lowest BCUT2D eigenvalue weighted by Gasteiger charge is -2.31. The lowest BCUT2D eigenvalue weighted by Crippen LogP contribution is -2.38. The van der Waals surface area contributed by atoms with Crippen LogP contribution in [0.25, 0.3) is 0 Å². The van der Waals surface area contributed by atoms with Crippen LogP contribution >= 0.6 is 0 Å². The molecule has 0 radical (unpaired) electrons. The number of carbonyl (C=O) groups excluding carboxylic acids is 1. The molecule has 0 atom stereocenters. The van der Waals surface area contributed by atoms with E-state index in [2.05, 4.69) is 25.6 Å². The van der Waals surface area contributed by atoms with Crippen LogP contribution in [0.2, 0.25) is 0 Å². The lowest BCUT2D eigenvalue weighted by molar-refractivity contribution is -0.119. The smallest absolute Gasteiger partial charge is 0.216 e. The Morgan fingerprint density at radius 2 is 2.14 bits per heavy atom. The summed E-state index contributed by atoms with van der Waals surface area (Å²) < 4.78 is 0. The van der Waals surface area contributed by atoms with Crippen molar-refractivity contribution >= 4 is 11.7 Å². The van der Waals surface area contributed by atoms with E-state index in [1.165, 1.54) is 0 Å². The molecule has 0 aromatic carbocycles. The first-order chi connectivity index (χ1) is 10.1. The van der Waals surface area contributed by atoms with Gasteiger partial charge in [-0.15, -0.1) is 0 Å². The van der Waals surface area contributed by atoms with Crippen LogP contribution in [0.1, 0.15) is 31.3 Å². The molecule has 7 heteroatoms. The zero-order valence-electron chi connectivity index (χ0n) is 12.7. The van der Waals surface area contributed by atoms with Crippen LogP contribution in [0.3, 0.4) is 0 Å². The minimum absolute atomic E-state index is 0.0485. The van der Waals surface area contributed by atoms with E-state index in [9.17, 15) is 4.79 Å². The number of amides is 1. The van der Waals surface area contributed by atoms with Crippen LogP contribution in [-0.4, -0.2) is 40.4 Å². The average Bonchev–Trinajstić information content (AvgIpc) is 2.46. The second-order valence-corrected chi connectivity index (χ2v) is 5.61. The normalized spacial score (nSPS) is 16.7. The Labute approximate surface area is 125 Å². The van der Waals surface area contributed by atoms with E-state index in [4.69, 9.17) is 5.84 Å². The first-order valence-corrected chi connectivity index (χ1v) is 7.35. The number of nitrogen functional groups attached to an aromatic ring is 1. The van der Waals surface area contributed by atoms with E-state index in [0.29, 0.717) is 11.7 Å². The number of nitrogens with two attached hydrogens (primary N) is 1. The fourth-order valence-corrected chi connectivity index (χ4v) is 2.61. The Hall–Kier alpha value is -1.73. The second kappa shape index (κ2) is 7.33. The first kappa shape index (κ1) is 15.7. The maximum atomic E-state index is 10.9. The van der Waals surface area contributed by atoms with Crippen molar-refractivity contribution < 1.29 is 4.79 Å². The number of anilines is 1. The van der Waals surface area contributed by atoms with Crippen molar-refractivity contribution in [2.75, 3.05) is 25.1 Å². The number of aryl methyl sites for hydroxylation is 1. The molecule has 0 unspecified atom stereocenters. The van der Waals surface area contributed by atoms with E-state index >= 15 is 0 Å². The topological polar surface area (TPSA) is 96.2 Å². The molecule has 0 saturated carbocycles. The van der Waals surface area contributed by atoms with Gasteiger partial charge in [0.25, 0.3) is 0 Å². The number of aromatic nitrogens is 2. The highest BCUT2D eigenvalue weighted by molar-refractivity contribution is 5.72. The summed E-state index contributed by atoms with van der Waals surface area (Å²) >= 11 is 0. The Morgan fingerprint density at radius 3 is 2.76 bits per heavy atom. The lowest BCUT2D eigenvalue weighted by atomic mass is 9.97. The van der Waals surface area contributed by atoms with E-state index in [0.717, 1.165) is 50.5 Å². The third-order valence-corrected chi connectivity index (χ3v) is 3.76. The van der Waals surface area contributed by atoms with Gasteiger partial charge in [0, 0.05) is 25.2 Å². The molecule has 1 amide bonds. The van der Waals surface area contributed by atoms with Gasteiger partial charge in [0.2, 0.25) is 5.91 Å². The molecule has 4 N–H and O–H groups in total. The van der Waals surface area contributed by atoms with Gasteiger partial charge < -0.3 is 10.7 Å². The highest BCUT2D eigenvalue weighted by Crippen LogP contribution is 2.18. The number of rotatable bonds is 5. The number of piperidine rings is 1. The zero-order valence-corrected chi connectivity index (χ0v) is 12.7. The molecule has 1 aromatic rings. The van der Waals surface area contributed by atoms with Crippen molar-refractivity contribution in [1.29, 1.82) is 0 Å². The number of nitrogens with zero attached hydrogens (tertiary/aromatic N) is 3. The standard InChI is InChI=1S/C14H24N6O/c1-10-7-13(19-15)18-14(17-10)9-20-5-3-12(4-6-20)8-16-11(2)21/h7,12H,3-6,8-9,15H2,1-2H3,(H,16,21)(H,17,18,19). The average molecular weight is 292 g/mol. The molecular weight excluding hydrogens is 268 g/mol. The van der Waals surface area contributed by atoms with Gasteiger partial charge in [0.05, 0.1) is 6.54 Å². The molecule has 1 fully saturated rings. The Balaban J connectivity index is 1.83. The highest BCUT2D eigenvalue weighted by Gasteiger charge is 2.20. The molecule has 7 nitrogen and oxygen atoms in total. The third-order valence-electron chi connectivity index (χ3n) is 3.76. The molecule has 2 rings (SSSR count). The van der Waals surface area contributed by atoms with Crippen LogP contribution in [0.4, 0.5) is 5.82 Å². The van der Waals surface area contributed by atoms with Crippen LogP contribution in [0.15, 0.2) is 6.07 Å². The van der Waals surface area contributed by atoms with Gasteiger partial charge in [-0.2, -0.15) is 0 Å². The Morgan fingerprint density at radius 1 is 1.43 bits per heavy atom. The van der Waals surface area contributed by atoms with E-state index in [1.54, 1.807) is 6.92 Å². The van der Waals surface area contributed by atoms with Crippen LogP contribution in [-0.2, 0) is 11.3 Å². The van der Waals surface area contributed by atoms with Gasteiger partial charge in [-0.05, 0) is 38.8 Å². The molecule has 1 saturated heterocycles. The third kappa shape index (κ3) is 4.95. The predicted octanol–water partition coefficient (Wildman–Crippen LogP) is 0.419. The first-order valence-electron chi connectivity index (χ1n) is 7.35. The quantitative estimate of drug-likeness (QED) is 0.537. The predicted molar refractivity (Wildman–Crippen MR) is 81.3 cm³/mol. The zero-order chi connectivity index (χ0) is 15.2. The highest BCUT2D eigenvalue weighted by atomic mass is 16.1. The summed E-state index contributed by atoms with van der Waals surface area (Å²) in [5, 5.41) is 2.90. The fraction of sp³-hybridized carbons (Fsp3) is 0.643. The molecule has 0 bridgehead atoms. The van der Waals surface area contributed by atoms with Crippen molar-refractivity contribution in [3.8, 4) is 0 Å². The Kier molecular flexibility index (Phi) is 5.46. The molecule has 0 spiro atoms. The Bertz CT molecular complexity index is 484. The van der Waals surface area contributed by atoms with Crippen LogP contribution in [0.5, 0.6) is 0 Å². The molecule has 1 aliphatic heterocycles. The van der Waals surface area contributed by atoms with Crippen molar-refractivity contribution in [3.63, 3.8) is 0 Å². The summed E-state index contributed by atoms with van der Waals surface area (Å²) in [6.45, 7) is 7.04. The molecule has 1 aliphatic rings. The number of hydrogen-bond acceptors (Lipinski definition) is 6. The number of nitrogens with one attached hydrogen (secondary N) is 2. The summed E-state index contributed by atoms with van der Waals surface area (Å²) in [4.78, 5) is 22.1. The summed E-state index contributed by atoms with van der Waals surface area (Å²) in [7, 11) is 0. The van der Waals surface area contributed by atoms with Crippen LogP contribution < -0.4 is 16.6 Å². The number of likely N-dealkylation sites (tertiary alicyclic amines) is 1. The van der Waals surface area contributed by atoms with Crippen molar-refractivity contribution in [2.45, 2.75) is 33.2 Å². The van der Waals surface area contributed by atoms with E-state index < -0.39 is 0 Å². The molecule has 2 heterocycles. The van der Waals surface area contributed by atoms with E-state index in [1.807, 2.05) is 13.0 Å². The SMILES string of the molecule is CC(=O)NCC1CCN(Cc2nc(C)cc(NN)n2)CC1. The minimum atomic E-state index is 0.0485. The van der Waals surface area contributed by atoms with Gasteiger partial charge in [-0.3, -0.25) is 9.69 Å². The molecule has 21 heavy (non-hydrogen) atoms. The van der Waals surface area contributed by atoms with Crippen molar-refractivity contribution in [3.05, 3.63) is 17.6 Å². The van der Waals surface area contributed by atoms with Gasteiger partial charge in [0.1, 0.15) is 11.6 Å². The summed E-state index contributed by atoms with van der Waals surface area (Å²) in [5.74, 6) is 7.48. The number of carbonyl (C=O) groups is 1. The molecule has 0 aliphatic carbocycles. The molecular formula is C14H24N6O. The van der Waals surface area contributed by atoms with Gasteiger partial charge >= 0.3 is 0 Å². The number of hydrogen-bond donors (Lipinski definition) is 3. The van der Waals surface area contributed by atoms with Gasteiger partial charge in [-0.1, -0.05) is 0 Å². The maximum Gasteiger partial charge on any atom is 0.216 e. The molecule has 116 valence electrons.